The lowest BCUT2D eigenvalue weighted by atomic mass is 10.2. The fourth-order valence-corrected chi connectivity index (χ4v) is 2.46. The van der Waals surface area contributed by atoms with E-state index in [1.165, 1.54) is 17.4 Å². The number of oxime groups is 1. The molecule has 0 unspecified atom stereocenters. The third-order valence-electron chi connectivity index (χ3n) is 2.57. The summed E-state index contributed by atoms with van der Waals surface area (Å²) in [7, 11) is 0. The highest BCUT2D eigenvalue weighted by atomic mass is 35.5. The van der Waals surface area contributed by atoms with Gasteiger partial charge >= 0.3 is 0 Å². The molecule has 0 bridgehead atoms. The lowest BCUT2D eigenvalue weighted by Crippen LogP contribution is -2.14. The molecule has 8 heteroatoms. The topological polar surface area (TPSA) is 101 Å². The molecule has 2 rings (SSSR count). The van der Waals surface area contributed by atoms with Gasteiger partial charge in [0.2, 0.25) is 0 Å². The molecule has 0 spiro atoms. The Morgan fingerprint density at radius 2 is 2.30 bits per heavy atom. The van der Waals surface area contributed by atoms with Crippen molar-refractivity contribution in [2.75, 3.05) is 5.32 Å². The van der Waals surface area contributed by atoms with E-state index >= 15 is 0 Å². The number of nitrogens with zero attached hydrogens (tertiary/aromatic N) is 2. The number of benzene rings is 1. The molecule has 1 aromatic heterocycles. The first-order valence-electron chi connectivity index (χ1n) is 5.52. The van der Waals surface area contributed by atoms with Crippen LogP contribution in [0.5, 0.6) is 0 Å². The summed E-state index contributed by atoms with van der Waals surface area (Å²) in [6, 6.07) is 4.69. The van der Waals surface area contributed by atoms with Gasteiger partial charge in [0, 0.05) is 5.56 Å². The number of rotatable bonds is 3. The Morgan fingerprint density at radius 3 is 2.85 bits per heavy atom. The summed E-state index contributed by atoms with van der Waals surface area (Å²) >= 11 is 7.31. The minimum Gasteiger partial charge on any atom is -0.409 e. The highest BCUT2D eigenvalue weighted by molar-refractivity contribution is 7.12. The molecule has 2 aromatic rings. The van der Waals surface area contributed by atoms with Crippen LogP contribution in [0.1, 0.15) is 20.9 Å². The zero-order chi connectivity index (χ0) is 14.7. The summed E-state index contributed by atoms with van der Waals surface area (Å²) in [4.78, 5) is 16.6. The predicted octanol–water partition coefficient (Wildman–Crippen LogP) is 2.45. The van der Waals surface area contributed by atoms with Gasteiger partial charge in [0.15, 0.2) is 5.84 Å². The second-order valence-corrected chi connectivity index (χ2v) is 5.16. The number of carbonyl (C=O) groups is 1. The Bertz CT molecular complexity index is 684. The first kappa shape index (κ1) is 14.3. The largest absolute Gasteiger partial charge is 0.409 e. The van der Waals surface area contributed by atoms with Crippen LogP contribution in [0.3, 0.4) is 0 Å². The number of aryl methyl sites for hydroxylation is 1. The number of nitrogens with one attached hydrogen (secondary N) is 1. The number of aromatic nitrogens is 1. The summed E-state index contributed by atoms with van der Waals surface area (Å²) < 4.78 is 0. The zero-order valence-electron chi connectivity index (χ0n) is 10.4. The van der Waals surface area contributed by atoms with Gasteiger partial charge in [0.1, 0.15) is 4.88 Å². The Kier molecular flexibility index (Phi) is 4.21. The number of anilines is 1. The molecule has 104 valence electrons. The number of nitrogens with two attached hydrogens (primary N) is 1. The summed E-state index contributed by atoms with van der Waals surface area (Å²) in [6.45, 7) is 1.76. The Balaban J connectivity index is 2.23. The standard InChI is InChI=1S/C12H11ClN4O2S/c1-6-10(20-5-15-6)12(18)16-9-3-2-7(4-8(9)13)11(14)17-19/h2-5,19H,1H3,(H2,14,17)(H,16,18). The highest BCUT2D eigenvalue weighted by Gasteiger charge is 2.14. The van der Waals surface area contributed by atoms with Crippen molar-refractivity contribution in [3.8, 4) is 0 Å². The molecule has 20 heavy (non-hydrogen) atoms. The predicted molar refractivity (Wildman–Crippen MR) is 78.8 cm³/mol. The average molecular weight is 311 g/mol. The molecule has 0 atom stereocenters. The summed E-state index contributed by atoms with van der Waals surface area (Å²) in [5.74, 6) is -0.327. The van der Waals surface area contributed by atoms with Crippen molar-refractivity contribution in [3.05, 3.63) is 44.9 Å². The second-order valence-electron chi connectivity index (χ2n) is 3.90. The third kappa shape index (κ3) is 2.89. The number of amidine groups is 1. The van der Waals surface area contributed by atoms with E-state index in [0.717, 1.165) is 0 Å². The molecular formula is C12H11ClN4O2S. The quantitative estimate of drug-likeness (QED) is 0.351. The van der Waals surface area contributed by atoms with Crippen molar-refractivity contribution in [2.24, 2.45) is 10.9 Å². The van der Waals surface area contributed by atoms with Crippen LogP contribution >= 0.6 is 22.9 Å². The molecule has 0 aliphatic rings. The minimum atomic E-state index is -0.275. The van der Waals surface area contributed by atoms with Crippen LogP contribution in [0.25, 0.3) is 0 Å². The molecule has 0 radical (unpaired) electrons. The van der Waals surface area contributed by atoms with Crippen LogP contribution in [0.15, 0.2) is 28.9 Å². The van der Waals surface area contributed by atoms with Gasteiger partial charge < -0.3 is 16.3 Å². The SMILES string of the molecule is Cc1ncsc1C(=O)Nc1ccc(/C(N)=N/O)cc1Cl. The molecule has 6 nitrogen and oxygen atoms in total. The lowest BCUT2D eigenvalue weighted by Gasteiger charge is -2.08. The third-order valence-corrected chi connectivity index (χ3v) is 3.81. The normalized spacial score (nSPS) is 11.4. The summed E-state index contributed by atoms with van der Waals surface area (Å²) in [5.41, 5.74) is 8.63. The van der Waals surface area contributed by atoms with Crippen molar-refractivity contribution < 1.29 is 10.0 Å². The molecule has 1 heterocycles. The number of hydrogen-bond donors (Lipinski definition) is 3. The van der Waals surface area contributed by atoms with Gasteiger partial charge in [0.25, 0.3) is 5.91 Å². The molecule has 0 fully saturated rings. The van der Waals surface area contributed by atoms with E-state index in [4.69, 9.17) is 22.5 Å². The van der Waals surface area contributed by atoms with Crippen molar-refractivity contribution >= 4 is 40.4 Å². The fourth-order valence-electron chi connectivity index (χ4n) is 1.53. The monoisotopic (exact) mass is 310 g/mol. The maximum Gasteiger partial charge on any atom is 0.267 e. The van der Waals surface area contributed by atoms with E-state index in [1.54, 1.807) is 24.6 Å². The molecule has 0 aliphatic carbocycles. The first-order valence-corrected chi connectivity index (χ1v) is 6.77. The average Bonchev–Trinajstić information content (AvgIpc) is 2.86. The maximum atomic E-state index is 12.0. The molecule has 4 N–H and O–H groups in total. The molecule has 0 saturated heterocycles. The van der Waals surface area contributed by atoms with E-state index < -0.39 is 0 Å². The van der Waals surface area contributed by atoms with Gasteiger partial charge in [-0.2, -0.15) is 0 Å². The van der Waals surface area contributed by atoms with Gasteiger partial charge in [-0.3, -0.25) is 4.79 Å². The Hall–Kier alpha value is -2.12. The van der Waals surface area contributed by atoms with Crippen molar-refractivity contribution in [1.82, 2.24) is 4.98 Å². The van der Waals surface area contributed by atoms with Crippen LogP contribution in [0.2, 0.25) is 5.02 Å². The van der Waals surface area contributed by atoms with Crippen LogP contribution in [0, 0.1) is 6.92 Å². The smallest absolute Gasteiger partial charge is 0.267 e. The number of halogens is 1. The van der Waals surface area contributed by atoms with Gasteiger partial charge in [-0.15, -0.1) is 11.3 Å². The summed E-state index contributed by atoms with van der Waals surface area (Å²) in [6.07, 6.45) is 0. The number of thiazole rings is 1. The van der Waals surface area contributed by atoms with Crippen LogP contribution in [0.4, 0.5) is 5.69 Å². The first-order chi connectivity index (χ1) is 9.52. The summed E-state index contributed by atoms with van der Waals surface area (Å²) in [5, 5.41) is 14.5. The van der Waals surface area contributed by atoms with Crippen molar-refractivity contribution in [2.45, 2.75) is 6.92 Å². The molecule has 0 saturated carbocycles. The highest BCUT2D eigenvalue weighted by Crippen LogP contribution is 2.24. The van der Waals surface area contributed by atoms with E-state index in [9.17, 15) is 4.79 Å². The maximum absolute atomic E-state index is 12.0. The fraction of sp³-hybridized carbons (Fsp3) is 0.0833. The Labute approximate surface area is 123 Å². The van der Waals surface area contributed by atoms with E-state index in [0.29, 0.717) is 26.8 Å². The number of amides is 1. The van der Waals surface area contributed by atoms with Gasteiger partial charge in [-0.25, -0.2) is 4.98 Å². The molecule has 1 aromatic carbocycles. The molecule has 1 amide bonds. The van der Waals surface area contributed by atoms with Crippen LogP contribution < -0.4 is 11.1 Å². The Morgan fingerprint density at radius 1 is 1.55 bits per heavy atom. The second kappa shape index (κ2) is 5.89. The van der Waals surface area contributed by atoms with Gasteiger partial charge in [-0.1, -0.05) is 16.8 Å². The zero-order valence-corrected chi connectivity index (χ0v) is 12.0. The van der Waals surface area contributed by atoms with Crippen LogP contribution in [-0.4, -0.2) is 21.9 Å². The van der Waals surface area contributed by atoms with Crippen LogP contribution in [-0.2, 0) is 0 Å². The van der Waals surface area contributed by atoms with Gasteiger partial charge in [-0.05, 0) is 25.1 Å². The lowest BCUT2D eigenvalue weighted by molar-refractivity contribution is 0.103. The number of carbonyl (C=O) groups excluding carboxylic acids is 1. The van der Waals surface area contributed by atoms with Crippen molar-refractivity contribution in [1.29, 1.82) is 0 Å². The van der Waals surface area contributed by atoms with E-state index in [2.05, 4.69) is 15.5 Å². The molecule has 0 aliphatic heterocycles. The van der Waals surface area contributed by atoms with Crippen molar-refractivity contribution in [3.63, 3.8) is 0 Å². The van der Waals surface area contributed by atoms with E-state index in [-0.39, 0.29) is 11.7 Å². The van der Waals surface area contributed by atoms with E-state index in [1.807, 2.05) is 0 Å². The van der Waals surface area contributed by atoms with Gasteiger partial charge in [0.05, 0.1) is 21.9 Å². The number of hydrogen-bond acceptors (Lipinski definition) is 5. The minimum absolute atomic E-state index is 0.0527. The molecular weight excluding hydrogens is 300 g/mol.